The van der Waals surface area contributed by atoms with Crippen molar-refractivity contribution < 1.29 is 19.1 Å². The average molecular weight is 321 g/mol. The van der Waals surface area contributed by atoms with E-state index in [1.165, 1.54) is 19.1 Å². The summed E-state index contributed by atoms with van der Waals surface area (Å²) in [5.41, 5.74) is 0.377. The molecular weight excluding hydrogens is 298 g/mol. The summed E-state index contributed by atoms with van der Waals surface area (Å²) in [6, 6.07) is 5.02. The van der Waals surface area contributed by atoms with Gasteiger partial charge in [0.05, 0.1) is 26.3 Å². The van der Waals surface area contributed by atoms with Crippen molar-refractivity contribution in [2.45, 2.75) is 0 Å². The highest BCUT2D eigenvalue weighted by Gasteiger charge is 2.23. The van der Waals surface area contributed by atoms with Gasteiger partial charge in [-0.05, 0) is 18.2 Å². The second kappa shape index (κ2) is 7.82. The van der Waals surface area contributed by atoms with Crippen LogP contribution in [0.2, 0.25) is 0 Å². The quantitative estimate of drug-likeness (QED) is 0.839. The molecular formula is C16H23N3O4. The van der Waals surface area contributed by atoms with Gasteiger partial charge in [0.15, 0.2) is 0 Å². The number of benzene rings is 1. The first-order valence-corrected chi connectivity index (χ1v) is 7.52. The third-order valence-electron chi connectivity index (χ3n) is 3.83. The smallest absolute Gasteiger partial charge is 0.257 e. The van der Waals surface area contributed by atoms with Crippen molar-refractivity contribution in [3.8, 4) is 11.5 Å². The summed E-state index contributed by atoms with van der Waals surface area (Å²) in [7, 11) is 4.65. The largest absolute Gasteiger partial charge is 0.497 e. The highest BCUT2D eigenvalue weighted by atomic mass is 16.5. The van der Waals surface area contributed by atoms with Gasteiger partial charge in [-0.2, -0.15) is 0 Å². The van der Waals surface area contributed by atoms with Crippen LogP contribution in [0.4, 0.5) is 0 Å². The van der Waals surface area contributed by atoms with Crippen LogP contribution >= 0.6 is 0 Å². The Hall–Kier alpha value is -2.28. The van der Waals surface area contributed by atoms with E-state index in [9.17, 15) is 9.59 Å². The maximum atomic E-state index is 12.6. The molecule has 0 radical (unpaired) electrons. The van der Waals surface area contributed by atoms with E-state index in [1.54, 1.807) is 30.1 Å². The van der Waals surface area contributed by atoms with Gasteiger partial charge in [0.1, 0.15) is 11.5 Å². The number of carbonyl (C=O) groups excluding carboxylic acids is 2. The molecule has 23 heavy (non-hydrogen) atoms. The van der Waals surface area contributed by atoms with Crippen LogP contribution in [0.3, 0.4) is 0 Å². The van der Waals surface area contributed by atoms with Crippen LogP contribution in [-0.2, 0) is 4.79 Å². The lowest BCUT2D eigenvalue weighted by atomic mass is 10.1. The van der Waals surface area contributed by atoms with E-state index < -0.39 is 0 Å². The molecule has 0 spiro atoms. The van der Waals surface area contributed by atoms with Crippen molar-refractivity contribution in [1.29, 1.82) is 0 Å². The molecule has 0 atom stereocenters. The first-order valence-electron chi connectivity index (χ1n) is 7.52. The first-order chi connectivity index (χ1) is 11.1. The van der Waals surface area contributed by atoms with E-state index in [1.807, 2.05) is 0 Å². The minimum atomic E-state index is -0.274. The number of methoxy groups -OCH3 is 2. The number of hydrogen-bond donors (Lipinski definition) is 1. The van der Waals surface area contributed by atoms with Crippen LogP contribution < -0.4 is 14.8 Å². The molecule has 126 valence electrons. The van der Waals surface area contributed by atoms with Crippen molar-refractivity contribution in [2.24, 2.45) is 0 Å². The van der Waals surface area contributed by atoms with Gasteiger partial charge in [0.25, 0.3) is 5.91 Å². The fraction of sp³-hybridized carbons (Fsp3) is 0.500. The van der Waals surface area contributed by atoms with Gasteiger partial charge in [0, 0.05) is 33.2 Å². The lowest BCUT2D eigenvalue weighted by Gasteiger charge is -2.29. The molecule has 0 aromatic heterocycles. The Labute approximate surface area is 136 Å². The third-order valence-corrected chi connectivity index (χ3v) is 3.83. The molecule has 1 aromatic carbocycles. The van der Waals surface area contributed by atoms with E-state index in [4.69, 9.17) is 9.47 Å². The fourth-order valence-corrected chi connectivity index (χ4v) is 2.48. The van der Waals surface area contributed by atoms with Crippen LogP contribution in [0.5, 0.6) is 11.5 Å². The van der Waals surface area contributed by atoms with Crippen molar-refractivity contribution in [3.63, 3.8) is 0 Å². The van der Waals surface area contributed by atoms with Gasteiger partial charge in [-0.3, -0.25) is 9.59 Å². The molecule has 2 rings (SSSR count). The summed E-state index contributed by atoms with van der Waals surface area (Å²) < 4.78 is 10.4. The van der Waals surface area contributed by atoms with Crippen LogP contribution in [0.25, 0.3) is 0 Å². The summed E-state index contributed by atoms with van der Waals surface area (Å²) in [6.07, 6.45) is 0. The molecule has 0 bridgehead atoms. The molecule has 7 heteroatoms. The van der Waals surface area contributed by atoms with Gasteiger partial charge in [0.2, 0.25) is 5.91 Å². The molecule has 1 fully saturated rings. The zero-order chi connectivity index (χ0) is 16.8. The predicted molar refractivity (Wildman–Crippen MR) is 86.0 cm³/mol. The monoisotopic (exact) mass is 321 g/mol. The highest BCUT2D eigenvalue weighted by Crippen LogP contribution is 2.25. The summed E-state index contributed by atoms with van der Waals surface area (Å²) in [5, 5.41) is 3.19. The van der Waals surface area contributed by atoms with Crippen molar-refractivity contribution in [2.75, 3.05) is 54.0 Å². The number of ether oxygens (including phenoxy) is 2. The second-order valence-electron chi connectivity index (χ2n) is 5.36. The van der Waals surface area contributed by atoms with Crippen molar-refractivity contribution in [3.05, 3.63) is 23.8 Å². The molecule has 2 amide bonds. The number of amides is 2. The number of nitrogens with zero attached hydrogens (tertiary/aromatic N) is 2. The summed E-state index contributed by atoms with van der Waals surface area (Å²) >= 11 is 0. The van der Waals surface area contributed by atoms with Gasteiger partial charge in [-0.25, -0.2) is 0 Å². The highest BCUT2D eigenvalue weighted by molar-refractivity contribution is 5.99. The van der Waals surface area contributed by atoms with Crippen LogP contribution in [-0.4, -0.2) is 75.6 Å². The minimum absolute atomic E-state index is 0.0409. The number of rotatable bonds is 5. The van der Waals surface area contributed by atoms with Gasteiger partial charge >= 0.3 is 0 Å². The Morgan fingerprint density at radius 2 is 1.91 bits per heavy atom. The molecule has 1 aromatic rings. The van der Waals surface area contributed by atoms with Gasteiger partial charge in [-0.1, -0.05) is 0 Å². The van der Waals surface area contributed by atoms with E-state index in [0.29, 0.717) is 30.2 Å². The summed E-state index contributed by atoms with van der Waals surface area (Å²) in [4.78, 5) is 28.1. The first kappa shape index (κ1) is 17.1. The Kier molecular flexibility index (Phi) is 5.81. The lowest BCUT2D eigenvalue weighted by molar-refractivity contribution is -0.132. The maximum Gasteiger partial charge on any atom is 0.257 e. The molecule has 1 N–H and O–H groups in total. The Balaban J connectivity index is 2.08. The molecule has 0 saturated carbocycles. The standard InChI is InChI=1S/C16H23N3O4/c1-18(11-15(20)19-8-6-17-7-9-19)16(21)13-10-12(22-2)4-5-14(13)23-3/h4-5,10,17H,6-9,11H2,1-3H3. The van der Waals surface area contributed by atoms with E-state index in [0.717, 1.165) is 13.1 Å². The van der Waals surface area contributed by atoms with Crippen molar-refractivity contribution in [1.82, 2.24) is 15.1 Å². The van der Waals surface area contributed by atoms with Crippen LogP contribution in [0.15, 0.2) is 18.2 Å². The fourth-order valence-electron chi connectivity index (χ4n) is 2.48. The maximum absolute atomic E-state index is 12.6. The Morgan fingerprint density at radius 1 is 1.22 bits per heavy atom. The van der Waals surface area contributed by atoms with E-state index in [-0.39, 0.29) is 18.4 Å². The van der Waals surface area contributed by atoms with Gasteiger partial charge < -0.3 is 24.6 Å². The average Bonchev–Trinajstić information content (AvgIpc) is 2.61. The van der Waals surface area contributed by atoms with E-state index >= 15 is 0 Å². The number of nitrogens with one attached hydrogen (secondary N) is 1. The second-order valence-corrected chi connectivity index (χ2v) is 5.36. The molecule has 1 saturated heterocycles. The SMILES string of the molecule is COc1ccc(OC)c(C(=O)N(C)CC(=O)N2CCNCC2)c1. The zero-order valence-corrected chi connectivity index (χ0v) is 13.8. The number of hydrogen-bond acceptors (Lipinski definition) is 5. The number of likely N-dealkylation sites (N-methyl/N-ethyl adjacent to an activating group) is 1. The Bertz CT molecular complexity index is 570. The van der Waals surface area contributed by atoms with Gasteiger partial charge in [-0.15, -0.1) is 0 Å². The third kappa shape index (κ3) is 4.13. The normalized spacial score (nSPS) is 14.3. The summed E-state index contributed by atoms with van der Waals surface area (Å²) in [5.74, 6) is 0.696. The zero-order valence-electron chi connectivity index (χ0n) is 13.8. The number of carbonyl (C=O) groups is 2. The molecule has 0 unspecified atom stereocenters. The molecule has 0 aliphatic carbocycles. The topological polar surface area (TPSA) is 71.1 Å². The lowest BCUT2D eigenvalue weighted by Crippen LogP contribution is -2.49. The van der Waals surface area contributed by atoms with Crippen LogP contribution in [0, 0.1) is 0 Å². The molecule has 1 aliphatic rings. The number of piperazine rings is 1. The van der Waals surface area contributed by atoms with Crippen LogP contribution in [0.1, 0.15) is 10.4 Å². The van der Waals surface area contributed by atoms with E-state index in [2.05, 4.69) is 5.32 Å². The minimum Gasteiger partial charge on any atom is -0.497 e. The molecule has 1 heterocycles. The summed E-state index contributed by atoms with van der Waals surface area (Å²) in [6.45, 7) is 2.95. The van der Waals surface area contributed by atoms with Crippen molar-refractivity contribution >= 4 is 11.8 Å². The molecule has 7 nitrogen and oxygen atoms in total. The Morgan fingerprint density at radius 3 is 2.52 bits per heavy atom. The molecule has 1 aliphatic heterocycles. The predicted octanol–water partition coefficient (Wildman–Crippen LogP) is 0.208.